The molecule has 0 aliphatic carbocycles. The lowest BCUT2D eigenvalue weighted by Gasteiger charge is -2.22. The Balaban J connectivity index is 3.45. The highest BCUT2D eigenvalue weighted by Crippen LogP contribution is 2.18. The second-order valence-corrected chi connectivity index (χ2v) is 20.7. The summed E-state index contributed by atoms with van der Waals surface area (Å²) in [6.07, 6.45) is 66.3. The molecule has 2 unspecified atom stereocenters. The Morgan fingerprint density at radius 1 is 0.409 bits per heavy atom. The van der Waals surface area contributed by atoms with Gasteiger partial charge in [-0.2, -0.15) is 0 Å². The first kappa shape index (κ1) is 64.6. The summed E-state index contributed by atoms with van der Waals surface area (Å²) in [5.41, 5.74) is 0. The minimum Gasteiger partial charge on any atom is -0.466 e. The molecule has 66 heavy (non-hydrogen) atoms. The van der Waals surface area contributed by atoms with E-state index in [2.05, 4.69) is 31.3 Å². The predicted molar refractivity (Wildman–Crippen MR) is 287 cm³/mol. The van der Waals surface area contributed by atoms with Gasteiger partial charge in [0.25, 0.3) is 0 Å². The number of aliphatic hydroxyl groups excluding tert-OH is 2. The van der Waals surface area contributed by atoms with Gasteiger partial charge < -0.3 is 20.3 Å². The van der Waals surface area contributed by atoms with E-state index in [1.807, 2.05) is 0 Å². The lowest BCUT2D eigenvalue weighted by molar-refractivity contribution is -0.143. The molecule has 0 saturated carbocycles. The van der Waals surface area contributed by atoms with Crippen molar-refractivity contribution in [1.82, 2.24) is 5.32 Å². The quantitative estimate of drug-likeness (QED) is 0.0321. The minimum atomic E-state index is -0.677. The van der Waals surface area contributed by atoms with Gasteiger partial charge in [0, 0.05) is 12.8 Å². The van der Waals surface area contributed by atoms with Crippen LogP contribution in [0.1, 0.15) is 335 Å². The molecule has 0 aromatic carbocycles. The van der Waals surface area contributed by atoms with E-state index in [9.17, 15) is 19.8 Å². The maximum Gasteiger partial charge on any atom is 0.305 e. The van der Waals surface area contributed by atoms with Crippen LogP contribution in [0.25, 0.3) is 0 Å². The molecule has 0 rings (SSSR count). The molecule has 1 amide bonds. The van der Waals surface area contributed by atoms with E-state index in [-0.39, 0.29) is 18.5 Å². The highest BCUT2D eigenvalue weighted by molar-refractivity contribution is 5.76. The Bertz CT molecular complexity index is 986. The van der Waals surface area contributed by atoms with Gasteiger partial charge in [-0.1, -0.05) is 283 Å². The van der Waals surface area contributed by atoms with Gasteiger partial charge in [-0.3, -0.25) is 9.59 Å². The molecule has 0 radical (unpaired) electrons. The number of carbonyl (C=O) groups excluding carboxylic acids is 2. The Hall–Kier alpha value is -1.40. The van der Waals surface area contributed by atoms with Crippen LogP contribution in [0.5, 0.6) is 0 Å². The molecular formula is C60H117NO5. The van der Waals surface area contributed by atoms with Gasteiger partial charge in [0.05, 0.1) is 25.4 Å². The average molecular weight is 933 g/mol. The largest absolute Gasteiger partial charge is 0.466 e. The molecule has 0 fully saturated rings. The fourth-order valence-corrected chi connectivity index (χ4v) is 9.46. The molecule has 0 bridgehead atoms. The van der Waals surface area contributed by atoms with E-state index in [1.165, 1.54) is 244 Å². The van der Waals surface area contributed by atoms with Crippen molar-refractivity contribution in [1.29, 1.82) is 0 Å². The van der Waals surface area contributed by atoms with Crippen LogP contribution in [0.2, 0.25) is 0 Å². The van der Waals surface area contributed by atoms with Crippen LogP contribution in [-0.4, -0.2) is 47.4 Å². The lowest BCUT2D eigenvalue weighted by Crippen LogP contribution is -2.45. The van der Waals surface area contributed by atoms with Crippen LogP contribution in [-0.2, 0) is 14.3 Å². The fourth-order valence-electron chi connectivity index (χ4n) is 9.46. The van der Waals surface area contributed by atoms with Crippen molar-refractivity contribution in [3.8, 4) is 0 Å². The van der Waals surface area contributed by atoms with E-state index >= 15 is 0 Å². The van der Waals surface area contributed by atoms with Gasteiger partial charge >= 0.3 is 5.97 Å². The third kappa shape index (κ3) is 52.0. The summed E-state index contributed by atoms with van der Waals surface area (Å²) in [5.74, 6) is -0.0711. The van der Waals surface area contributed by atoms with E-state index in [1.54, 1.807) is 0 Å². The maximum absolute atomic E-state index is 12.5. The minimum absolute atomic E-state index is 0.0208. The first-order chi connectivity index (χ1) is 32.5. The molecule has 0 spiro atoms. The van der Waals surface area contributed by atoms with Crippen LogP contribution in [0, 0.1) is 0 Å². The van der Waals surface area contributed by atoms with Crippen LogP contribution in [0.3, 0.4) is 0 Å². The molecule has 6 nitrogen and oxygen atoms in total. The van der Waals surface area contributed by atoms with Crippen molar-refractivity contribution < 1.29 is 24.5 Å². The molecule has 0 aromatic heterocycles. The smallest absolute Gasteiger partial charge is 0.305 e. The van der Waals surface area contributed by atoms with E-state index < -0.39 is 12.1 Å². The summed E-state index contributed by atoms with van der Waals surface area (Å²) in [7, 11) is 0. The van der Waals surface area contributed by atoms with E-state index in [4.69, 9.17) is 4.74 Å². The number of rotatable bonds is 56. The lowest BCUT2D eigenvalue weighted by atomic mass is 10.0. The summed E-state index contributed by atoms with van der Waals surface area (Å²) in [6, 6.07) is -0.556. The molecule has 0 saturated heterocycles. The van der Waals surface area contributed by atoms with E-state index in [0.29, 0.717) is 25.9 Å². The van der Waals surface area contributed by atoms with Crippen LogP contribution in [0.15, 0.2) is 12.2 Å². The fraction of sp³-hybridized carbons (Fsp3) is 0.933. The highest BCUT2D eigenvalue weighted by atomic mass is 16.5. The third-order valence-electron chi connectivity index (χ3n) is 14.1. The zero-order valence-electron chi connectivity index (χ0n) is 44.7. The van der Waals surface area contributed by atoms with Gasteiger partial charge in [0.1, 0.15) is 0 Å². The van der Waals surface area contributed by atoms with Gasteiger partial charge in [0.15, 0.2) is 0 Å². The molecule has 0 aliphatic heterocycles. The molecule has 392 valence electrons. The average Bonchev–Trinajstić information content (AvgIpc) is 3.32. The molecule has 0 aliphatic rings. The molecule has 6 heteroatoms. The summed E-state index contributed by atoms with van der Waals surface area (Å²) in [6.45, 7) is 4.92. The maximum atomic E-state index is 12.5. The Kier molecular flexibility index (Phi) is 55.0. The molecule has 2 atom stereocenters. The van der Waals surface area contributed by atoms with Crippen molar-refractivity contribution in [2.75, 3.05) is 13.2 Å². The van der Waals surface area contributed by atoms with Crippen LogP contribution in [0.4, 0.5) is 0 Å². The number of carbonyl (C=O) groups is 2. The molecule has 0 aromatic rings. The van der Waals surface area contributed by atoms with Crippen molar-refractivity contribution in [3.63, 3.8) is 0 Å². The molecule has 0 heterocycles. The van der Waals surface area contributed by atoms with Gasteiger partial charge in [0.2, 0.25) is 5.91 Å². The number of amides is 1. The zero-order chi connectivity index (χ0) is 47.9. The van der Waals surface area contributed by atoms with Crippen molar-refractivity contribution in [2.45, 2.75) is 347 Å². The van der Waals surface area contributed by atoms with Crippen LogP contribution < -0.4 is 5.32 Å². The van der Waals surface area contributed by atoms with Crippen molar-refractivity contribution >= 4 is 11.9 Å². The predicted octanol–water partition coefficient (Wildman–Crippen LogP) is 18.5. The number of nitrogens with one attached hydrogen (secondary N) is 1. The van der Waals surface area contributed by atoms with Gasteiger partial charge in [-0.15, -0.1) is 0 Å². The Morgan fingerprint density at radius 3 is 1.08 bits per heavy atom. The number of hydrogen-bond acceptors (Lipinski definition) is 5. The standard InChI is InChI=1S/C60H117NO5/c1-3-5-7-9-11-13-15-17-19-20-21-22-23-24-25-26-27-28-29-32-36-40-44-48-52-58(63)57(56-62)61-59(64)53-49-45-41-37-33-31-35-39-43-47-51-55-66-60(65)54-50-46-42-38-34-30-18-16-14-12-10-8-6-4-2/h16,18,57-58,62-63H,3-15,17,19-56H2,1-2H3,(H,61,64)/b18-16-. The van der Waals surface area contributed by atoms with E-state index in [0.717, 1.165) is 57.8 Å². The zero-order valence-corrected chi connectivity index (χ0v) is 44.7. The van der Waals surface area contributed by atoms with Gasteiger partial charge in [-0.05, 0) is 51.4 Å². The monoisotopic (exact) mass is 932 g/mol. The first-order valence-corrected chi connectivity index (χ1v) is 29.9. The normalized spacial score (nSPS) is 12.6. The molecular weight excluding hydrogens is 815 g/mol. The summed E-state index contributed by atoms with van der Waals surface area (Å²) < 4.78 is 5.46. The highest BCUT2D eigenvalue weighted by Gasteiger charge is 2.20. The number of esters is 1. The Morgan fingerprint density at radius 2 is 0.712 bits per heavy atom. The van der Waals surface area contributed by atoms with Crippen LogP contribution >= 0.6 is 0 Å². The second kappa shape index (κ2) is 56.2. The summed E-state index contributed by atoms with van der Waals surface area (Å²) in [4.78, 5) is 24.6. The molecule has 3 N–H and O–H groups in total. The second-order valence-electron chi connectivity index (χ2n) is 20.7. The van der Waals surface area contributed by atoms with Crippen molar-refractivity contribution in [3.05, 3.63) is 12.2 Å². The Labute approximate surface area is 412 Å². The number of aliphatic hydroxyl groups is 2. The number of unbranched alkanes of at least 4 members (excludes halogenated alkanes) is 43. The topological polar surface area (TPSA) is 95.9 Å². The number of allylic oxidation sites excluding steroid dienone is 2. The van der Waals surface area contributed by atoms with Gasteiger partial charge in [-0.25, -0.2) is 0 Å². The third-order valence-corrected chi connectivity index (χ3v) is 14.1. The summed E-state index contributed by atoms with van der Waals surface area (Å²) >= 11 is 0. The summed E-state index contributed by atoms with van der Waals surface area (Å²) in [5, 5.41) is 23.4. The first-order valence-electron chi connectivity index (χ1n) is 29.9. The number of ether oxygens (including phenoxy) is 1. The SMILES string of the molecule is CCCCCCC/C=C\CCCCCCCC(=O)OCCCCCCCCCCCCCC(=O)NC(CO)C(O)CCCCCCCCCCCCCCCCCCCCCCCCCC. The number of hydrogen-bond donors (Lipinski definition) is 3. The van der Waals surface area contributed by atoms with Crippen molar-refractivity contribution in [2.24, 2.45) is 0 Å².